The van der Waals surface area contributed by atoms with Gasteiger partial charge < -0.3 is 15.8 Å². The van der Waals surface area contributed by atoms with E-state index in [1.54, 1.807) is 0 Å². The molecule has 1 fully saturated rings. The number of carbonyl (C=O) groups excluding carboxylic acids is 1. The summed E-state index contributed by atoms with van der Waals surface area (Å²) in [5, 5.41) is 3.00. The number of amides is 1. The molecule has 1 aliphatic rings. The van der Waals surface area contributed by atoms with Crippen molar-refractivity contribution in [2.45, 2.75) is 45.4 Å². The van der Waals surface area contributed by atoms with Crippen molar-refractivity contribution >= 4 is 5.91 Å². The van der Waals surface area contributed by atoms with Gasteiger partial charge in [-0.05, 0) is 27.7 Å². The van der Waals surface area contributed by atoms with Gasteiger partial charge in [0.2, 0.25) is 5.91 Å². The number of nitrogens with zero attached hydrogens (tertiary/aromatic N) is 1. The zero-order chi connectivity index (χ0) is 13.1. The fourth-order valence-electron chi connectivity index (χ4n) is 1.88. The molecule has 2 unspecified atom stereocenters. The first-order valence-electron chi connectivity index (χ1n) is 6.21. The average Bonchev–Trinajstić information content (AvgIpc) is 2.26. The molecule has 100 valence electrons. The van der Waals surface area contributed by atoms with Gasteiger partial charge >= 0.3 is 0 Å². The SMILES string of the molecule is CC(C(=O)NC(C)(C)C)N1CCOC(CN)C1. The van der Waals surface area contributed by atoms with Crippen molar-refractivity contribution in [3.8, 4) is 0 Å². The lowest BCUT2D eigenvalue weighted by atomic mass is 10.1. The third-order valence-electron chi connectivity index (χ3n) is 2.86. The Hall–Kier alpha value is -0.650. The highest BCUT2D eigenvalue weighted by Gasteiger charge is 2.28. The van der Waals surface area contributed by atoms with E-state index >= 15 is 0 Å². The minimum Gasteiger partial charge on any atom is -0.374 e. The fourth-order valence-corrected chi connectivity index (χ4v) is 1.88. The molecule has 0 radical (unpaired) electrons. The molecule has 0 aromatic carbocycles. The molecular weight excluding hydrogens is 218 g/mol. The summed E-state index contributed by atoms with van der Waals surface area (Å²) in [6.07, 6.45) is 0.0497. The maximum atomic E-state index is 12.0. The topological polar surface area (TPSA) is 67.6 Å². The molecule has 0 bridgehead atoms. The van der Waals surface area contributed by atoms with E-state index in [4.69, 9.17) is 10.5 Å². The van der Waals surface area contributed by atoms with E-state index in [9.17, 15) is 4.79 Å². The fraction of sp³-hybridized carbons (Fsp3) is 0.917. The normalized spacial score (nSPS) is 24.4. The van der Waals surface area contributed by atoms with E-state index in [-0.39, 0.29) is 23.6 Å². The van der Waals surface area contributed by atoms with Crippen LogP contribution in [0.5, 0.6) is 0 Å². The number of rotatable bonds is 3. The lowest BCUT2D eigenvalue weighted by Crippen LogP contribution is -2.56. The van der Waals surface area contributed by atoms with Gasteiger partial charge in [0.15, 0.2) is 0 Å². The Kier molecular flexibility index (Phi) is 4.91. The molecule has 1 aliphatic heterocycles. The van der Waals surface area contributed by atoms with Crippen molar-refractivity contribution < 1.29 is 9.53 Å². The Labute approximate surface area is 104 Å². The Balaban J connectivity index is 2.51. The molecule has 1 amide bonds. The number of nitrogens with one attached hydrogen (secondary N) is 1. The number of hydrogen-bond acceptors (Lipinski definition) is 4. The van der Waals surface area contributed by atoms with Crippen LogP contribution in [-0.4, -0.2) is 54.7 Å². The zero-order valence-electron chi connectivity index (χ0n) is 11.3. The quantitative estimate of drug-likeness (QED) is 0.729. The number of morpholine rings is 1. The number of ether oxygens (including phenoxy) is 1. The van der Waals surface area contributed by atoms with Crippen molar-refractivity contribution in [3.63, 3.8) is 0 Å². The summed E-state index contributed by atoms with van der Waals surface area (Å²) >= 11 is 0. The second-order valence-corrected chi connectivity index (χ2v) is 5.64. The molecule has 17 heavy (non-hydrogen) atoms. The molecular formula is C12H25N3O2. The van der Waals surface area contributed by atoms with Crippen LogP contribution in [0.3, 0.4) is 0 Å². The van der Waals surface area contributed by atoms with Crippen LogP contribution in [-0.2, 0) is 9.53 Å². The maximum absolute atomic E-state index is 12.0. The molecule has 1 saturated heterocycles. The predicted octanol–water partition coefficient (Wildman–Crippen LogP) is -0.0509. The summed E-state index contributed by atoms with van der Waals surface area (Å²) < 4.78 is 5.49. The van der Waals surface area contributed by atoms with Crippen molar-refractivity contribution in [2.75, 3.05) is 26.2 Å². The van der Waals surface area contributed by atoms with E-state index in [2.05, 4.69) is 10.2 Å². The molecule has 5 nitrogen and oxygen atoms in total. The highest BCUT2D eigenvalue weighted by atomic mass is 16.5. The Morgan fingerprint density at radius 2 is 2.24 bits per heavy atom. The van der Waals surface area contributed by atoms with E-state index in [0.29, 0.717) is 13.2 Å². The number of hydrogen-bond donors (Lipinski definition) is 2. The van der Waals surface area contributed by atoms with Gasteiger partial charge in [-0.1, -0.05) is 0 Å². The van der Waals surface area contributed by atoms with Gasteiger partial charge in [-0.25, -0.2) is 0 Å². The highest BCUT2D eigenvalue weighted by Crippen LogP contribution is 2.10. The summed E-state index contributed by atoms with van der Waals surface area (Å²) in [6.45, 7) is 10.6. The Morgan fingerprint density at radius 1 is 1.59 bits per heavy atom. The molecule has 0 saturated carbocycles. The van der Waals surface area contributed by atoms with Gasteiger partial charge in [-0.15, -0.1) is 0 Å². The van der Waals surface area contributed by atoms with Crippen LogP contribution in [0.2, 0.25) is 0 Å². The summed E-state index contributed by atoms with van der Waals surface area (Å²) in [5.41, 5.74) is 5.40. The second kappa shape index (κ2) is 5.80. The smallest absolute Gasteiger partial charge is 0.237 e. The standard InChI is InChI=1S/C12H25N3O2/c1-9(11(16)14-12(2,3)4)15-5-6-17-10(7-13)8-15/h9-10H,5-8,13H2,1-4H3,(H,14,16). The summed E-state index contributed by atoms with van der Waals surface area (Å²) in [4.78, 5) is 14.2. The average molecular weight is 243 g/mol. The summed E-state index contributed by atoms with van der Waals surface area (Å²) in [5.74, 6) is 0.0650. The van der Waals surface area contributed by atoms with Crippen molar-refractivity contribution in [1.29, 1.82) is 0 Å². The first-order valence-corrected chi connectivity index (χ1v) is 6.21. The van der Waals surface area contributed by atoms with Gasteiger partial charge in [0, 0.05) is 25.2 Å². The second-order valence-electron chi connectivity index (χ2n) is 5.64. The molecule has 1 heterocycles. The third kappa shape index (κ3) is 4.61. The predicted molar refractivity (Wildman–Crippen MR) is 67.7 cm³/mol. The summed E-state index contributed by atoms with van der Waals surface area (Å²) in [7, 11) is 0. The molecule has 0 spiro atoms. The molecule has 5 heteroatoms. The van der Waals surface area contributed by atoms with Gasteiger partial charge in [0.1, 0.15) is 0 Å². The van der Waals surface area contributed by atoms with Gasteiger partial charge in [-0.2, -0.15) is 0 Å². The van der Waals surface area contributed by atoms with Gasteiger partial charge in [0.25, 0.3) is 0 Å². The first kappa shape index (κ1) is 14.4. The van der Waals surface area contributed by atoms with Crippen LogP contribution in [0, 0.1) is 0 Å². The molecule has 1 rings (SSSR count). The van der Waals surface area contributed by atoms with Crippen LogP contribution in [0.15, 0.2) is 0 Å². The molecule has 0 aromatic heterocycles. The minimum absolute atomic E-state index is 0.0497. The van der Waals surface area contributed by atoms with Crippen LogP contribution in [0.25, 0.3) is 0 Å². The number of carbonyl (C=O) groups is 1. The molecule has 0 aliphatic carbocycles. The largest absolute Gasteiger partial charge is 0.374 e. The van der Waals surface area contributed by atoms with Crippen molar-refractivity contribution in [1.82, 2.24) is 10.2 Å². The Bertz CT molecular complexity index is 263. The van der Waals surface area contributed by atoms with Crippen molar-refractivity contribution in [3.05, 3.63) is 0 Å². The lowest BCUT2D eigenvalue weighted by Gasteiger charge is -2.36. The minimum atomic E-state index is -0.190. The third-order valence-corrected chi connectivity index (χ3v) is 2.86. The van der Waals surface area contributed by atoms with E-state index < -0.39 is 0 Å². The van der Waals surface area contributed by atoms with E-state index in [1.807, 2.05) is 27.7 Å². The van der Waals surface area contributed by atoms with Crippen LogP contribution in [0.1, 0.15) is 27.7 Å². The lowest BCUT2D eigenvalue weighted by molar-refractivity contribution is -0.130. The summed E-state index contributed by atoms with van der Waals surface area (Å²) in [6, 6.07) is -0.132. The maximum Gasteiger partial charge on any atom is 0.237 e. The Morgan fingerprint density at radius 3 is 2.76 bits per heavy atom. The molecule has 0 aromatic rings. The zero-order valence-corrected chi connectivity index (χ0v) is 11.3. The molecule has 3 N–H and O–H groups in total. The number of nitrogens with two attached hydrogens (primary N) is 1. The monoisotopic (exact) mass is 243 g/mol. The van der Waals surface area contributed by atoms with E-state index in [0.717, 1.165) is 13.1 Å². The first-order chi connectivity index (χ1) is 7.83. The molecule has 2 atom stereocenters. The highest BCUT2D eigenvalue weighted by molar-refractivity contribution is 5.81. The van der Waals surface area contributed by atoms with Crippen molar-refractivity contribution in [2.24, 2.45) is 5.73 Å². The van der Waals surface area contributed by atoms with Gasteiger partial charge in [-0.3, -0.25) is 9.69 Å². The van der Waals surface area contributed by atoms with E-state index in [1.165, 1.54) is 0 Å². The van der Waals surface area contributed by atoms with Crippen LogP contribution in [0.4, 0.5) is 0 Å². The van der Waals surface area contributed by atoms with Crippen LogP contribution >= 0.6 is 0 Å². The van der Waals surface area contributed by atoms with Crippen LogP contribution < -0.4 is 11.1 Å². The van der Waals surface area contributed by atoms with Gasteiger partial charge in [0.05, 0.1) is 18.8 Å².